The molecule has 1 aliphatic heterocycles. The topological polar surface area (TPSA) is 58.4 Å². The highest BCUT2D eigenvalue weighted by atomic mass is 16.4. The largest absolute Gasteiger partial charge is 0.477 e. The van der Waals surface area contributed by atoms with Gasteiger partial charge in [-0.15, -0.1) is 0 Å². The molecule has 20 heavy (non-hydrogen) atoms. The molecule has 3 rings (SSSR count). The number of hydrogen-bond donors (Lipinski definition) is 1. The molecule has 2 fully saturated rings. The van der Waals surface area contributed by atoms with Crippen molar-refractivity contribution in [1.82, 2.24) is 9.78 Å². The second kappa shape index (κ2) is 5.11. The summed E-state index contributed by atoms with van der Waals surface area (Å²) in [5, 5.41) is 13.8. The van der Waals surface area contributed by atoms with Gasteiger partial charge in [-0.3, -0.25) is 4.68 Å². The Hall–Kier alpha value is -1.52. The summed E-state index contributed by atoms with van der Waals surface area (Å²) >= 11 is 0. The molecule has 5 nitrogen and oxygen atoms in total. The van der Waals surface area contributed by atoms with Crippen molar-refractivity contribution in [2.75, 3.05) is 11.4 Å². The number of carboxylic acids is 1. The summed E-state index contributed by atoms with van der Waals surface area (Å²) in [7, 11) is 1.86. The quantitative estimate of drug-likeness (QED) is 0.902. The van der Waals surface area contributed by atoms with E-state index in [1.807, 2.05) is 7.05 Å². The highest BCUT2D eigenvalue weighted by molar-refractivity contribution is 5.95. The normalized spacial score (nSPS) is 26.4. The van der Waals surface area contributed by atoms with E-state index < -0.39 is 5.97 Å². The lowest BCUT2D eigenvalue weighted by Gasteiger charge is -2.45. The molecule has 110 valence electrons. The van der Waals surface area contributed by atoms with Gasteiger partial charge in [-0.05, 0) is 38.5 Å². The maximum absolute atomic E-state index is 11.6. The van der Waals surface area contributed by atoms with E-state index in [1.54, 1.807) is 11.6 Å². The van der Waals surface area contributed by atoms with Crippen LogP contribution in [-0.4, -0.2) is 33.4 Å². The Kier molecular flexibility index (Phi) is 3.44. The number of nitrogens with zero attached hydrogens (tertiary/aromatic N) is 3. The Morgan fingerprint density at radius 2 is 1.95 bits per heavy atom. The van der Waals surface area contributed by atoms with E-state index in [0.29, 0.717) is 17.3 Å². The number of carboxylic acid groups (broad SMARTS) is 1. The van der Waals surface area contributed by atoms with Gasteiger partial charge in [0.25, 0.3) is 0 Å². The third-order valence-electron chi connectivity index (χ3n) is 4.92. The van der Waals surface area contributed by atoms with Crippen LogP contribution < -0.4 is 4.90 Å². The number of anilines is 1. The summed E-state index contributed by atoms with van der Waals surface area (Å²) in [6.45, 7) is 2.75. The van der Waals surface area contributed by atoms with Crippen molar-refractivity contribution in [1.29, 1.82) is 0 Å². The number of hydrogen-bond acceptors (Lipinski definition) is 3. The van der Waals surface area contributed by atoms with E-state index >= 15 is 0 Å². The molecule has 0 spiro atoms. The Balaban J connectivity index is 2.01. The minimum Gasteiger partial charge on any atom is -0.477 e. The fourth-order valence-corrected chi connectivity index (χ4v) is 4.11. The molecule has 1 N–H and O–H groups in total. The van der Waals surface area contributed by atoms with Gasteiger partial charge in [-0.1, -0.05) is 12.8 Å². The molecule has 1 aromatic rings. The first kappa shape index (κ1) is 13.5. The number of carbonyl (C=O) groups is 1. The van der Waals surface area contributed by atoms with Crippen LogP contribution in [0.3, 0.4) is 0 Å². The van der Waals surface area contributed by atoms with Crippen molar-refractivity contribution in [3.8, 4) is 0 Å². The molecule has 2 atom stereocenters. The molecule has 1 aromatic heterocycles. The molecule has 1 saturated heterocycles. The first-order valence-corrected chi connectivity index (χ1v) is 7.63. The Morgan fingerprint density at radius 1 is 1.25 bits per heavy atom. The van der Waals surface area contributed by atoms with Gasteiger partial charge in [-0.2, -0.15) is 5.10 Å². The van der Waals surface area contributed by atoms with Gasteiger partial charge in [0.2, 0.25) is 0 Å². The smallest absolute Gasteiger partial charge is 0.341 e. The van der Waals surface area contributed by atoms with Crippen molar-refractivity contribution in [3.63, 3.8) is 0 Å². The highest BCUT2D eigenvalue weighted by Gasteiger charge is 2.36. The van der Waals surface area contributed by atoms with Crippen LogP contribution in [0, 0.1) is 12.8 Å². The van der Waals surface area contributed by atoms with Crippen LogP contribution in [0.2, 0.25) is 0 Å². The van der Waals surface area contributed by atoms with Gasteiger partial charge < -0.3 is 10.0 Å². The SMILES string of the molecule is Cc1nn(C)c(N2CCC[C@H]3CCCC[C@H]32)c1C(=O)O. The molecular weight excluding hydrogens is 254 g/mol. The fourth-order valence-electron chi connectivity index (χ4n) is 4.11. The summed E-state index contributed by atoms with van der Waals surface area (Å²) in [4.78, 5) is 13.9. The molecular formula is C15H23N3O2. The van der Waals surface area contributed by atoms with Crippen molar-refractivity contribution in [2.45, 2.75) is 51.5 Å². The summed E-state index contributed by atoms with van der Waals surface area (Å²) in [6.07, 6.45) is 7.52. The van der Waals surface area contributed by atoms with Gasteiger partial charge in [-0.25, -0.2) is 4.79 Å². The molecule has 0 radical (unpaired) electrons. The fraction of sp³-hybridized carbons (Fsp3) is 0.733. The predicted molar refractivity (Wildman–Crippen MR) is 77.2 cm³/mol. The highest BCUT2D eigenvalue weighted by Crippen LogP contribution is 2.39. The molecule has 1 saturated carbocycles. The number of fused-ring (bicyclic) bond motifs is 1. The van der Waals surface area contributed by atoms with Gasteiger partial charge >= 0.3 is 5.97 Å². The number of rotatable bonds is 2. The van der Waals surface area contributed by atoms with E-state index in [1.165, 1.54) is 32.1 Å². The second-order valence-corrected chi connectivity index (χ2v) is 6.16. The minimum atomic E-state index is -0.858. The van der Waals surface area contributed by atoms with Gasteiger partial charge in [0.15, 0.2) is 0 Å². The van der Waals surface area contributed by atoms with Gasteiger partial charge in [0.1, 0.15) is 11.4 Å². The van der Waals surface area contributed by atoms with Crippen LogP contribution >= 0.6 is 0 Å². The van der Waals surface area contributed by atoms with Crippen LogP contribution in [0.4, 0.5) is 5.82 Å². The zero-order valence-corrected chi connectivity index (χ0v) is 12.3. The third-order valence-corrected chi connectivity index (χ3v) is 4.92. The number of aromatic carboxylic acids is 1. The maximum atomic E-state index is 11.6. The van der Waals surface area contributed by atoms with Crippen molar-refractivity contribution in [2.24, 2.45) is 13.0 Å². The van der Waals surface area contributed by atoms with Crippen LogP contribution in [0.1, 0.15) is 54.6 Å². The van der Waals surface area contributed by atoms with Crippen molar-refractivity contribution >= 4 is 11.8 Å². The van der Waals surface area contributed by atoms with Crippen LogP contribution in [0.5, 0.6) is 0 Å². The molecule has 0 unspecified atom stereocenters. The zero-order chi connectivity index (χ0) is 14.3. The maximum Gasteiger partial charge on any atom is 0.341 e. The molecule has 2 aliphatic rings. The number of piperidine rings is 1. The zero-order valence-electron chi connectivity index (χ0n) is 12.3. The molecule has 0 amide bonds. The van der Waals surface area contributed by atoms with Crippen LogP contribution in [0.15, 0.2) is 0 Å². The van der Waals surface area contributed by atoms with E-state index in [2.05, 4.69) is 10.00 Å². The number of aryl methyl sites for hydroxylation is 2. The lowest BCUT2D eigenvalue weighted by atomic mass is 9.78. The Bertz CT molecular complexity index is 521. The Labute approximate surface area is 119 Å². The van der Waals surface area contributed by atoms with E-state index in [-0.39, 0.29) is 0 Å². The molecule has 2 heterocycles. The molecule has 0 aromatic carbocycles. The van der Waals surface area contributed by atoms with Crippen LogP contribution in [0.25, 0.3) is 0 Å². The third kappa shape index (κ3) is 2.09. The lowest BCUT2D eigenvalue weighted by molar-refractivity contribution is 0.0696. The lowest BCUT2D eigenvalue weighted by Crippen LogP contribution is -2.48. The summed E-state index contributed by atoms with van der Waals surface area (Å²) < 4.78 is 1.76. The minimum absolute atomic E-state index is 0.388. The molecule has 0 bridgehead atoms. The van der Waals surface area contributed by atoms with Gasteiger partial charge in [0.05, 0.1) is 5.69 Å². The second-order valence-electron chi connectivity index (χ2n) is 6.16. The summed E-state index contributed by atoms with van der Waals surface area (Å²) in [5.41, 5.74) is 1.01. The molecule has 1 aliphatic carbocycles. The van der Waals surface area contributed by atoms with E-state index in [4.69, 9.17) is 0 Å². The standard InChI is InChI=1S/C15H23N3O2/c1-10-13(15(19)20)14(17(2)16-10)18-9-5-7-11-6-3-4-8-12(11)18/h11-12H,3-9H2,1-2H3,(H,19,20)/t11-,12-/m1/s1. The van der Waals surface area contributed by atoms with Crippen molar-refractivity contribution in [3.05, 3.63) is 11.3 Å². The summed E-state index contributed by atoms with van der Waals surface area (Å²) in [5.74, 6) is 0.685. The van der Waals surface area contributed by atoms with E-state index in [9.17, 15) is 9.90 Å². The Morgan fingerprint density at radius 3 is 2.70 bits per heavy atom. The average molecular weight is 277 g/mol. The van der Waals surface area contributed by atoms with Gasteiger partial charge in [0, 0.05) is 19.6 Å². The number of aromatic nitrogens is 2. The first-order valence-electron chi connectivity index (χ1n) is 7.63. The van der Waals surface area contributed by atoms with Crippen molar-refractivity contribution < 1.29 is 9.90 Å². The summed E-state index contributed by atoms with van der Waals surface area (Å²) in [6, 6.07) is 0.505. The monoisotopic (exact) mass is 277 g/mol. The predicted octanol–water partition coefficient (Wildman–Crippen LogP) is 2.59. The molecule has 5 heteroatoms. The first-order chi connectivity index (χ1) is 9.59. The van der Waals surface area contributed by atoms with E-state index in [0.717, 1.165) is 24.7 Å². The van der Waals surface area contributed by atoms with Crippen LogP contribution in [-0.2, 0) is 7.05 Å². The average Bonchev–Trinajstić information content (AvgIpc) is 2.73.